The van der Waals surface area contributed by atoms with Crippen LogP contribution < -0.4 is 9.47 Å². The van der Waals surface area contributed by atoms with Gasteiger partial charge in [0.25, 0.3) is 10.1 Å². The van der Waals surface area contributed by atoms with E-state index >= 15 is 0 Å². The average molecular weight is 380 g/mol. The third-order valence-electron chi connectivity index (χ3n) is 5.27. The maximum absolute atomic E-state index is 12.3. The average Bonchev–Trinajstić information content (AvgIpc) is 3.19. The third-order valence-corrected chi connectivity index (χ3v) is 6.27. The molecule has 2 bridgehead atoms. The molecule has 3 heterocycles. The van der Waals surface area contributed by atoms with Gasteiger partial charge in [-0.1, -0.05) is 18.1 Å². The monoisotopic (exact) mass is 380 g/mol. The lowest BCUT2D eigenvalue weighted by Gasteiger charge is -2.24. The largest absolute Gasteiger partial charge is 0.448 e. The number of allylic oxidation sites excluding steroid dienone is 1. The number of ether oxygens (including phenoxy) is 2. The van der Waals surface area contributed by atoms with Crippen molar-refractivity contribution in [3.63, 3.8) is 0 Å². The standard InChI is InChI=1S/C17H16O8S/c1-8-9(3-4-17(8,2)7-26(20,21)22)5-12(18)24-14-11-6-10-13(23-11)15(14)25-16(10)19/h6H,3-5,7H2,1-2H3,(H,20,21,22). The van der Waals surface area contributed by atoms with Crippen molar-refractivity contribution >= 4 is 33.2 Å². The van der Waals surface area contributed by atoms with Crippen molar-refractivity contribution in [2.75, 3.05) is 5.75 Å². The van der Waals surface area contributed by atoms with Crippen LogP contribution in [-0.4, -0.2) is 30.7 Å². The number of carbonyl (C=O) groups excluding carboxylic acids is 2. The Kier molecular flexibility index (Phi) is 3.48. The van der Waals surface area contributed by atoms with Gasteiger partial charge in [-0.05, 0) is 19.8 Å². The first-order chi connectivity index (χ1) is 12.1. The summed E-state index contributed by atoms with van der Waals surface area (Å²) in [4.78, 5) is 23.9. The summed E-state index contributed by atoms with van der Waals surface area (Å²) < 4.78 is 47.4. The van der Waals surface area contributed by atoms with Crippen LogP contribution in [-0.2, 0) is 14.9 Å². The number of benzene rings is 1. The Bertz CT molecular complexity index is 1070. The minimum Gasteiger partial charge on any atom is -0.448 e. The second kappa shape index (κ2) is 5.31. The van der Waals surface area contributed by atoms with Crippen LogP contribution in [0.2, 0.25) is 0 Å². The Morgan fingerprint density at radius 2 is 2.15 bits per heavy atom. The summed E-state index contributed by atoms with van der Waals surface area (Å²) in [6.45, 7) is 3.52. The van der Waals surface area contributed by atoms with E-state index in [1.165, 1.54) is 6.07 Å². The van der Waals surface area contributed by atoms with Crippen LogP contribution in [0.15, 0.2) is 21.6 Å². The Morgan fingerprint density at radius 1 is 1.42 bits per heavy atom. The molecular formula is C17H16O8S. The maximum atomic E-state index is 12.3. The van der Waals surface area contributed by atoms with Crippen molar-refractivity contribution in [2.24, 2.45) is 5.41 Å². The van der Waals surface area contributed by atoms with E-state index in [9.17, 15) is 18.0 Å². The fraction of sp³-hybridized carbons (Fsp3) is 0.412. The predicted molar refractivity (Wildman–Crippen MR) is 89.1 cm³/mol. The highest BCUT2D eigenvalue weighted by molar-refractivity contribution is 7.85. The number of hydrogen-bond donors (Lipinski definition) is 1. The normalized spacial score (nSPS) is 22.5. The molecule has 0 saturated carbocycles. The predicted octanol–water partition coefficient (Wildman–Crippen LogP) is 2.70. The molecule has 1 N–H and O–H groups in total. The molecule has 0 saturated heterocycles. The Hall–Kier alpha value is -2.39. The van der Waals surface area contributed by atoms with Crippen molar-refractivity contribution in [2.45, 2.75) is 33.1 Å². The van der Waals surface area contributed by atoms with E-state index in [1.807, 2.05) is 0 Å². The summed E-state index contributed by atoms with van der Waals surface area (Å²) in [5.41, 5.74) is 1.73. The van der Waals surface area contributed by atoms with Gasteiger partial charge in [0.15, 0.2) is 11.2 Å². The number of esters is 2. The lowest BCUT2D eigenvalue weighted by atomic mass is 9.86. The highest BCUT2D eigenvalue weighted by atomic mass is 32.2. The molecule has 1 aliphatic heterocycles. The molecule has 138 valence electrons. The van der Waals surface area contributed by atoms with E-state index in [-0.39, 0.29) is 34.8 Å². The van der Waals surface area contributed by atoms with E-state index in [1.54, 1.807) is 13.8 Å². The topological polar surface area (TPSA) is 120 Å². The van der Waals surface area contributed by atoms with Crippen molar-refractivity contribution in [1.82, 2.24) is 0 Å². The van der Waals surface area contributed by atoms with Gasteiger partial charge in [-0.15, -0.1) is 0 Å². The van der Waals surface area contributed by atoms with Gasteiger partial charge in [0.1, 0.15) is 5.56 Å². The minimum atomic E-state index is -4.12. The number of fused-ring (bicyclic) bond motifs is 1. The van der Waals surface area contributed by atoms with Crippen LogP contribution in [0.1, 0.15) is 43.5 Å². The van der Waals surface area contributed by atoms with Gasteiger partial charge in [0.05, 0.1) is 12.2 Å². The lowest BCUT2D eigenvalue weighted by molar-refractivity contribution is -0.133. The smallest absolute Gasteiger partial charge is 0.347 e. The van der Waals surface area contributed by atoms with Gasteiger partial charge < -0.3 is 13.9 Å². The highest BCUT2D eigenvalue weighted by Gasteiger charge is 2.39. The first-order valence-corrected chi connectivity index (χ1v) is 9.64. The number of hydrogen-bond acceptors (Lipinski definition) is 7. The van der Waals surface area contributed by atoms with E-state index in [0.717, 1.165) is 11.1 Å². The molecule has 9 heteroatoms. The molecule has 4 rings (SSSR count). The molecule has 0 fully saturated rings. The zero-order valence-corrected chi connectivity index (χ0v) is 14.9. The molecule has 2 aliphatic rings. The minimum absolute atomic E-state index is 0.0171. The van der Waals surface area contributed by atoms with Gasteiger partial charge in [-0.3, -0.25) is 9.35 Å². The fourth-order valence-electron chi connectivity index (χ4n) is 3.73. The van der Waals surface area contributed by atoms with Gasteiger partial charge >= 0.3 is 11.9 Å². The summed E-state index contributed by atoms with van der Waals surface area (Å²) in [5, 5.41) is 0. The van der Waals surface area contributed by atoms with E-state index in [4.69, 9.17) is 18.4 Å². The molecule has 8 nitrogen and oxygen atoms in total. The molecule has 1 unspecified atom stereocenters. The molecule has 2 aromatic rings. The second-order valence-corrected chi connectivity index (χ2v) is 8.52. The van der Waals surface area contributed by atoms with Crippen molar-refractivity contribution in [3.8, 4) is 11.5 Å². The summed E-state index contributed by atoms with van der Waals surface area (Å²) in [6.07, 6.45) is 1.05. The van der Waals surface area contributed by atoms with Gasteiger partial charge in [-0.2, -0.15) is 8.42 Å². The van der Waals surface area contributed by atoms with Crippen LogP contribution in [0.3, 0.4) is 0 Å². The fourth-order valence-corrected chi connectivity index (χ4v) is 4.90. The first-order valence-electron chi connectivity index (χ1n) is 8.03. The second-order valence-electron chi connectivity index (χ2n) is 7.07. The first kappa shape index (κ1) is 17.0. The molecule has 26 heavy (non-hydrogen) atoms. The Labute approximate surface area is 148 Å². The Balaban J connectivity index is 1.51. The molecule has 0 aromatic carbocycles. The van der Waals surface area contributed by atoms with Crippen LogP contribution in [0.4, 0.5) is 0 Å². The molecular weight excluding hydrogens is 364 g/mol. The quantitative estimate of drug-likeness (QED) is 0.364. The number of rotatable bonds is 5. The molecule has 0 amide bonds. The number of carbonyl (C=O) groups is 2. The van der Waals surface area contributed by atoms with E-state index in [2.05, 4.69) is 0 Å². The van der Waals surface area contributed by atoms with Crippen molar-refractivity contribution in [3.05, 3.63) is 22.8 Å². The Morgan fingerprint density at radius 3 is 2.85 bits per heavy atom. The number of furan rings is 2. The molecule has 1 atom stereocenters. The molecule has 1 aliphatic carbocycles. The van der Waals surface area contributed by atoms with Crippen molar-refractivity contribution in [1.29, 1.82) is 0 Å². The third kappa shape index (κ3) is 2.58. The van der Waals surface area contributed by atoms with Crippen LogP contribution >= 0.6 is 0 Å². The zero-order valence-electron chi connectivity index (χ0n) is 14.1. The summed E-state index contributed by atoms with van der Waals surface area (Å²) in [6, 6.07) is 1.47. The summed E-state index contributed by atoms with van der Waals surface area (Å²) >= 11 is 0. The molecule has 0 radical (unpaired) electrons. The van der Waals surface area contributed by atoms with Crippen LogP contribution in [0.25, 0.3) is 11.2 Å². The van der Waals surface area contributed by atoms with Crippen LogP contribution in [0, 0.1) is 5.41 Å². The van der Waals surface area contributed by atoms with Gasteiger partial charge in [-0.25, -0.2) is 4.79 Å². The highest BCUT2D eigenvalue weighted by Crippen LogP contribution is 2.49. The van der Waals surface area contributed by atoms with Gasteiger partial charge in [0.2, 0.25) is 11.5 Å². The molecule has 2 aromatic heterocycles. The van der Waals surface area contributed by atoms with Crippen LogP contribution in [0.5, 0.6) is 11.5 Å². The summed E-state index contributed by atoms with van der Waals surface area (Å²) in [7, 11) is -4.12. The maximum Gasteiger partial charge on any atom is 0.347 e. The van der Waals surface area contributed by atoms with E-state index < -0.39 is 27.5 Å². The van der Waals surface area contributed by atoms with E-state index in [0.29, 0.717) is 18.4 Å². The van der Waals surface area contributed by atoms with Gasteiger partial charge in [0, 0.05) is 11.5 Å². The summed E-state index contributed by atoms with van der Waals surface area (Å²) in [5.74, 6) is -1.25. The lowest BCUT2D eigenvalue weighted by Crippen LogP contribution is -2.25. The van der Waals surface area contributed by atoms with Crippen molar-refractivity contribution < 1.29 is 36.5 Å². The zero-order chi connectivity index (χ0) is 18.9. The SMILES string of the molecule is CC1=C(CC(=O)Oc2c3c4oc2cc4C(=O)O3)CCC1(C)CS(=O)(=O)O. The molecule has 0 spiro atoms.